The molecule has 1 aliphatic heterocycles. The normalized spacial score (nSPS) is 28.1. The number of carbonyl (C=O) groups excluding carboxylic acids is 1. The van der Waals surface area contributed by atoms with Crippen LogP contribution in [0.25, 0.3) is 0 Å². The Labute approximate surface area is 84.2 Å². The summed E-state index contributed by atoms with van der Waals surface area (Å²) in [5, 5.41) is 9.70. The third kappa shape index (κ3) is 3.64. The Bertz CT molecular complexity index is 181. The van der Waals surface area contributed by atoms with Crippen LogP contribution in [0.5, 0.6) is 0 Å². The molecule has 1 fully saturated rings. The van der Waals surface area contributed by atoms with Crippen molar-refractivity contribution in [3.8, 4) is 0 Å². The molecular weight excluding hydrogens is 184 g/mol. The molecule has 1 saturated heterocycles. The van der Waals surface area contributed by atoms with Crippen LogP contribution in [0.4, 0.5) is 0 Å². The number of aliphatic hydroxyl groups excluding tert-OH is 1. The number of carbonyl (C=O) groups is 1. The fraction of sp³-hybridized carbons (Fsp3) is 0.900. The molecule has 0 aromatic heterocycles. The molecule has 0 aliphatic carbocycles. The lowest BCUT2D eigenvalue weighted by Gasteiger charge is -2.18. The monoisotopic (exact) mass is 202 g/mol. The van der Waals surface area contributed by atoms with Gasteiger partial charge >= 0.3 is 5.97 Å². The van der Waals surface area contributed by atoms with E-state index in [1.807, 2.05) is 0 Å². The van der Waals surface area contributed by atoms with Crippen LogP contribution in [-0.2, 0) is 14.3 Å². The molecule has 1 N–H and O–H groups in total. The maximum absolute atomic E-state index is 10.9. The van der Waals surface area contributed by atoms with E-state index in [2.05, 4.69) is 4.74 Å². The van der Waals surface area contributed by atoms with Crippen molar-refractivity contribution in [2.75, 3.05) is 20.3 Å². The predicted octanol–water partition coefficient (Wildman–Crippen LogP) is 0.727. The van der Waals surface area contributed by atoms with Crippen LogP contribution in [0.1, 0.15) is 25.7 Å². The zero-order valence-electron chi connectivity index (χ0n) is 8.57. The molecular formula is C10H18O4. The first-order valence-electron chi connectivity index (χ1n) is 5.06. The van der Waals surface area contributed by atoms with E-state index >= 15 is 0 Å². The first-order chi connectivity index (χ1) is 6.74. The lowest BCUT2D eigenvalue weighted by molar-refractivity contribution is -0.141. The molecule has 0 unspecified atom stereocenters. The number of esters is 1. The molecule has 0 bridgehead atoms. The molecule has 0 aromatic carbocycles. The minimum Gasteiger partial charge on any atom is -0.469 e. The fourth-order valence-corrected chi connectivity index (χ4v) is 1.71. The summed E-state index contributed by atoms with van der Waals surface area (Å²) < 4.78 is 9.81. The molecule has 0 aromatic rings. The van der Waals surface area contributed by atoms with Crippen LogP contribution in [0.15, 0.2) is 0 Å². The third-order valence-electron chi connectivity index (χ3n) is 2.68. The minimum atomic E-state index is -0.331. The van der Waals surface area contributed by atoms with Crippen LogP contribution in [0, 0.1) is 5.92 Å². The van der Waals surface area contributed by atoms with Gasteiger partial charge in [0, 0.05) is 19.6 Å². The third-order valence-corrected chi connectivity index (χ3v) is 2.68. The zero-order chi connectivity index (χ0) is 10.4. The van der Waals surface area contributed by atoms with Crippen molar-refractivity contribution in [1.82, 2.24) is 0 Å². The number of methoxy groups -OCH3 is 1. The van der Waals surface area contributed by atoms with E-state index in [1.54, 1.807) is 0 Å². The van der Waals surface area contributed by atoms with Crippen molar-refractivity contribution in [2.24, 2.45) is 5.92 Å². The Hall–Kier alpha value is -0.610. The summed E-state index contributed by atoms with van der Waals surface area (Å²) in [5.41, 5.74) is 0. The minimum absolute atomic E-state index is 0.177. The first-order valence-corrected chi connectivity index (χ1v) is 5.06. The van der Waals surface area contributed by atoms with Gasteiger partial charge < -0.3 is 14.6 Å². The van der Waals surface area contributed by atoms with Crippen LogP contribution >= 0.6 is 0 Å². The Kier molecular flexibility index (Phi) is 4.90. The number of hydrogen-bond donors (Lipinski definition) is 1. The van der Waals surface area contributed by atoms with Crippen molar-refractivity contribution >= 4 is 5.97 Å². The molecule has 2 atom stereocenters. The highest BCUT2D eigenvalue weighted by Crippen LogP contribution is 2.21. The van der Waals surface area contributed by atoms with E-state index in [1.165, 1.54) is 7.11 Å². The molecule has 0 saturated carbocycles. The number of ether oxygens (including phenoxy) is 2. The molecule has 0 spiro atoms. The van der Waals surface area contributed by atoms with Crippen LogP contribution in [0.2, 0.25) is 0 Å². The zero-order valence-corrected chi connectivity index (χ0v) is 8.57. The molecule has 4 heteroatoms. The van der Waals surface area contributed by atoms with Crippen molar-refractivity contribution in [3.05, 3.63) is 0 Å². The second-order valence-electron chi connectivity index (χ2n) is 3.63. The Morgan fingerprint density at radius 1 is 1.50 bits per heavy atom. The van der Waals surface area contributed by atoms with Gasteiger partial charge in [-0.2, -0.15) is 0 Å². The van der Waals surface area contributed by atoms with E-state index in [0.29, 0.717) is 32.5 Å². The maximum Gasteiger partial charge on any atom is 0.305 e. The summed E-state index contributed by atoms with van der Waals surface area (Å²) in [6, 6.07) is 0. The van der Waals surface area contributed by atoms with Gasteiger partial charge in [0.25, 0.3) is 0 Å². The number of aliphatic hydroxyl groups is 1. The summed E-state index contributed by atoms with van der Waals surface area (Å²) in [6.07, 6.45) is 2.25. The number of rotatable bonds is 3. The van der Waals surface area contributed by atoms with Crippen molar-refractivity contribution in [1.29, 1.82) is 0 Å². The van der Waals surface area contributed by atoms with E-state index in [4.69, 9.17) is 4.74 Å². The Morgan fingerprint density at radius 3 is 2.93 bits per heavy atom. The van der Waals surface area contributed by atoms with Gasteiger partial charge in [0.2, 0.25) is 0 Å². The molecule has 82 valence electrons. The van der Waals surface area contributed by atoms with Crippen molar-refractivity contribution in [3.63, 3.8) is 0 Å². The highest BCUT2D eigenvalue weighted by Gasteiger charge is 2.22. The van der Waals surface area contributed by atoms with E-state index in [9.17, 15) is 9.90 Å². The highest BCUT2D eigenvalue weighted by atomic mass is 16.5. The lowest BCUT2D eigenvalue weighted by atomic mass is 9.92. The standard InChI is InChI=1S/C10H18O4/c1-13-10(12)3-2-8-4-6-14-7-5-9(8)11/h8-9,11H,2-7H2,1H3/t8-,9-/m0/s1. The summed E-state index contributed by atoms with van der Waals surface area (Å²) >= 11 is 0. The lowest BCUT2D eigenvalue weighted by Crippen LogP contribution is -2.21. The number of hydrogen-bond acceptors (Lipinski definition) is 4. The van der Waals surface area contributed by atoms with Gasteiger partial charge in [-0.25, -0.2) is 0 Å². The molecule has 14 heavy (non-hydrogen) atoms. The second-order valence-corrected chi connectivity index (χ2v) is 3.63. The molecule has 4 nitrogen and oxygen atoms in total. The van der Waals surface area contributed by atoms with Crippen LogP contribution in [0.3, 0.4) is 0 Å². The summed E-state index contributed by atoms with van der Waals surface area (Å²) in [4.78, 5) is 10.9. The second kappa shape index (κ2) is 5.98. The highest BCUT2D eigenvalue weighted by molar-refractivity contribution is 5.69. The van der Waals surface area contributed by atoms with Gasteiger partial charge in [-0.15, -0.1) is 0 Å². The van der Waals surface area contributed by atoms with Gasteiger partial charge in [0.1, 0.15) is 0 Å². The molecule has 0 amide bonds. The van der Waals surface area contributed by atoms with Gasteiger partial charge in [-0.05, 0) is 25.2 Å². The molecule has 1 heterocycles. The van der Waals surface area contributed by atoms with Gasteiger partial charge in [-0.1, -0.05) is 0 Å². The largest absolute Gasteiger partial charge is 0.469 e. The van der Waals surface area contributed by atoms with E-state index in [-0.39, 0.29) is 18.0 Å². The SMILES string of the molecule is COC(=O)CC[C@H]1CCOCC[C@@H]1O. The smallest absolute Gasteiger partial charge is 0.305 e. The molecule has 0 radical (unpaired) electrons. The summed E-state index contributed by atoms with van der Waals surface area (Å²) in [7, 11) is 1.38. The van der Waals surface area contributed by atoms with Crippen molar-refractivity contribution in [2.45, 2.75) is 31.8 Å². The average molecular weight is 202 g/mol. The van der Waals surface area contributed by atoms with Gasteiger partial charge in [0.05, 0.1) is 13.2 Å². The predicted molar refractivity (Wildman–Crippen MR) is 50.8 cm³/mol. The first kappa shape index (κ1) is 11.5. The van der Waals surface area contributed by atoms with E-state index in [0.717, 1.165) is 6.42 Å². The van der Waals surface area contributed by atoms with Crippen molar-refractivity contribution < 1.29 is 19.4 Å². The van der Waals surface area contributed by atoms with Crippen LogP contribution in [-0.4, -0.2) is 37.5 Å². The average Bonchev–Trinajstić information content (AvgIpc) is 2.39. The topological polar surface area (TPSA) is 55.8 Å². The Morgan fingerprint density at radius 2 is 2.21 bits per heavy atom. The summed E-state index contributed by atoms with van der Waals surface area (Å²) in [6.45, 7) is 1.30. The maximum atomic E-state index is 10.9. The van der Waals surface area contributed by atoms with Crippen LogP contribution < -0.4 is 0 Å². The van der Waals surface area contributed by atoms with E-state index < -0.39 is 0 Å². The summed E-state index contributed by atoms with van der Waals surface area (Å²) in [5.74, 6) is -0.0287. The molecule has 1 aliphatic rings. The Balaban J connectivity index is 2.29. The molecule has 1 rings (SSSR count). The van der Waals surface area contributed by atoms with Gasteiger partial charge in [0.15, 0.2) is 0 Å². The van der Waals surface area contributed by atoms with Gasteiger partial charge in [-0.3, -0.25) is 4.79 Å². The fourth-order valence-electron chi connectivity index (χ4n) is 1.71. The quantitative estimate of drug-likeness (QED) is 0.685.